The van der Waals surface area contributed by atoms with Crippen LogP contribution in [0.3, 0.4) is 0 Å². The van der Waals surface area contributed by atoms with E-state index >= 15 is 0 Å². The van der Waals surface area contributed by atoms with Crippen molar-refractivity contribution in [1.82, 2.24) is 0 Å². The molecule has 0 aromatic carbocycles. The molecule has 0 aliphatic carbocycles. The standard InChI is InChI=1S/C6H11N3O5/c7-9-8-3(1-10)5(13)6(14)4(12)2-11/h3,5-6,10-11,13-14H,1-2H2/t3-,5-,6-/m1/s1. The Kier molecular flexibility index (Phi) is 5.77. The maximum Gasteiger partial charge on any atom is 0.189 e. The van der Waals surface area contributed by atoms with E-state index in [0.717, 1.165) is 0 Å². The Morgan fingerprint density at radius 3 is 2.36 bits per heavy atom. The minimum absolute atomic E-state index is 0.707. The third-order valence-corrected chi connectivity index (χ3v) is 1.59. The predicted octanol–water partition coefficient (Wildman–Crippen LogP) is -2.06. The summed E-state index contributed by atoms with van der Waals surface area (Å²) in [6, 6.07) is -1.31. The van der Waals surface area contributed by atoms with E-state index in [4.69, 9.17) is 20.9 Å². The predicted molar refractivity (Wildman–Crippen MR) is 44.1 cm³/mol. The first-order chi connectivity index (χ1) is 6.58. The molecule has 0 rings (SSSR count). The Labute approximate surface area is 79.0 Å². The van der Waals surface area contributed by atoms with Gasteiger partial charge >= 0.3 is 0 Å². The van der Waals surface area contributed by atoms with Gasteiger partial charge in [-0.15, -0.1) is 0 Å². The minimum atomic E-state index is -1.87. The molecule has 0 bridgehead atoms. The monoisotopic (exact) mass is 205 g/mol. The van der Waals surface area contributed by atoms with Crippen molar-refractivity contribution >= 4 is 5.78 Å². The van der Waals surface area contributed by atoms with Crippen LogP contribution in [0, 0.1) is 0 Å². The average molecular weight is 205 g/mol. The first-order valence-corrected chi connectivity index (χ1v) is 3.73. The highest BCUT2D eigenvalue weighted by Gasteiger charge is 2.29. The largest absolute Gasteiger partial charge is 0.396 e. The molecular formula is C6H11N3O5. The molecule has 8 nitrogen and oxygen atoms in total. The number of rotatable bonds is 6. The Morgan fingerprint density at radius 2 is 2.00 bits per heavy atom. The number of ketones is 1. The van der Waals surface area contributed by atoms with Crippen molar-refractivity contribution in [2.75, 3.05) is 13.2 Å². The number of carbonyl (C=O) groups excluding carboxylic acids is 1. The number of Topliss-reactive ketones (excluding diaryl/α,β-unsaturated/α-hetero) is 1. The maximum absolute atomic E-state index is 10.7. The zero-order valence-corrected chi connectivity index (χ0v) is 7.19. The molecule has 8 heteroatoms. The van der Waals surface area contributed by atoms with Gasteiger partial charge < -0.3 is 20.4 Å². The normalized spacial score (nSPS) is 16.6. The molecule has 0 amide bonds. The van der Waals surface area contributed by atoms with E-state index in [-0.39, 0.29) is 0 Å². The number of hydrogen-bond acceptors (Lipinski definition) is 6. The minimum Gasteiger partial charge on any atom is -0.396 e. The van der Waals surface area contributed by atoms with Gasteiger partial charge in [-0.1, -0.05) is 5.11 Å². The van der Waals surface area contributed by atoms with Gasteiger partial charge in [0.05, 0.1) is 18.8 Å². The molecule has 4 N–H and O–H groups in total. The second-order valence-electron chi connectivity index (χ2n) is 2.51. The summed E-state index contributed by atoms with van der Waals surface area (Å²) in [7, 11) is 0. The van der Waals surface area contributed by atoms with Crippen molar-refractivity contribution < 1.29 is 25.2 Å². The molecule has 80 valence electrons. The van der Waals surface area contributed by atoms with Gasteiger partial charge in [0.25, 0.3) is 0 Å². The lowest BCUT2D eigenvalue weighted by molar-refractivity contribution is -0.136. The molecule has 0 radical (unpaired) electrons. The highest BCUT2D eigenvalue weighted by Crippen LogP contribution is 2.05. The van der Waals surface area contributed by atoms with Gasteiger partial charge in [-0.2, -0.15) is 0 Å². The van der Waals surface area contributed by atoms with Crippen LogP contribution in [0.15, 0.2) is 5.11 Å². The Hall–Kier alpha value is -1.18. The molecule has 14 heavy (non-hydrogen) atoms. The number of aliphatic hydroxyl groups excluding tert-OH is 4. The van der Waals surface area contributed by atoms with Crippen LogP contribution in [0.4, 0.5) is 0 Å². The third-order valence-electron chi connectivity index (χ3n) is 1.59. The zero-order valence-electron chi connectivity index (χ0n) is 7.19. The summed E-state index contributed by atoms with van der Waals surface area (Å²) in [5.74, 6) is -1.01. The fourth-order valence-corrected chi connectivity index (χ4v) is 0.774. The van der Waals surface area contributed by atoms with Crippen LogP contribution in [-0.2, 0) is 4.79 Å². The van der Waals surface area contributed by atoms with E-state index in [0.29, 0.717) is 0 Å². The lowest BCUT2D eigenvalue weighted by Gasteiger charge is -2.20. The van der Waals surface area contributed by atoms with Crippen LogP contribution < -0.4 is 0 Å². The number of carbonyl (C=O) groups is 1. The fourth-order valence-electron chi connectivity index (χ4n) is 0.774. The molecule has 0 saturated heterocycles. The van der Waals surface area contributed by atoms with Gasteiger partial charge in [-0.3, -0.25) is 4.79 Å². The van der Waals surface area contributed by atoms with Crippen molar-refractivity contribution in [3.05, 3.63) is 10.4 Å². The number of aliphatic hydroxyl groups is 4. The van der Waals surface area contributed by atoms with Gasteiger partial charge in [0.1, 0.15) is 12.7 Å². The maximum atomic E-state index is 10.7. The first kappa shape index (κ1) is 12.8. The Balaban J connectivity index is 4.48. The third kappa shape index (κ3) is 3.29. The quantitative estimate of drug-likeness (QED) is 0.223. The second kappa shape index (κ2) is 6.30. The van der Waals surface area contributed by atoms with E-state index in [2.05, 4.69) is 10.0 Å². The molecule has 0 aromatic rings. The summed E-state index contributed by atoms with van der Waals surface area (Å²) in [6.07, 6.45) is -3.60. The van der Waals surface area contributed by atoms with Crippen molar-refractivity contribution in [2.45, 2.75) is 18.2 Å². The number of nitrogens with zero attached hydrogens (tertiary/aromatic N) is 3. The van der Waals surface area contributed by atoms with E-state index in [1.165, 1.54) is 0 Å². The summed E-state index contributed by atoms with van der Waals surface area (Å²) in [5, 5.41) is 38.2. The fraction of sp³-hybridized carbons (Fsp3) is 0.833. The SMILES string of the molecule is [N-]=[N+]=N[C@H](CO)[C@@H](O)[C@H](O)C(=O)CO. The lowest BCUT2D eigenvalue weighted by Crippen LogP contribution is -2.43. The number of hydrogen-bond donors (Lipinski definition) is 4. The van der Waals surface area contributed by atoms with Crippen molar-refractivity contribution in [1.29, 1.82) is 0 Å². The van der Waals surface area contributed by atoms with Crippen LogP contribution in [-0.4, -0.2) is 57.7 Å². The molecule has 0 spiro atoms. The molecule has 0 aliphatic rings. The second-order valence-corrected chi connectivity index (χ2v) is 2.51. The van der Waals surface area contributed by atoms with E-state index in [9.17, 15) is 9.90 Å². The smallest absolute Gasteiger partial charge is 0.189 e. The summed E-state index contributed by atoms with van der Waals surface area (Å²) < 4.78 is 0. The average Bonchev–Trinajstić information content (AvgIpc) is 2.22. The van der Waals surface area contributed by atoms with Crippen LogP contribution >= 0.6 is 0 Å². The van der Waals surface area contributed by atoms with Gasteiger partial charge in [0, 0.05) is 4.91 Å². The van der Waals surface area contributed by atoms with Crippen LogP contribution in [0.1, 0.15) is 0 Å². The molecule has 0 saturated carbocycles. The highest BCUT2D eigenvalue weighted by molar-refractivity contribution is 5.84. The molecule has 0 aromatic heterocycles. The molecule has 0 aliphatic heterocycles. The molecule has 0 fully saturated rings. The van der Waals surface area contributed by atoms with Crippen molar-refractivity contribution in [2.24, 2.45) is 5.11 Å². The Bertz CT molecular complexity index is 240. The van der Waals surface area contributed by atoms with Crippen LogP contribution in [0.2, 0.25) is 0 Å². The van der Waals surface area contributed by atoms with Gasteiger partial charge in [-0.05, 0) is 5.53 Å². The first-order valence-electron chi connectivity index (χ1n) is 3.73. The molecule has 0 unspecified atom stereocenters. The van der Waals surface area contributed by atoms with Gasteiger partial charge in [-0.25, -0.2) is 0 Å². The summed E-state index contributed by atoms with van der Waals surface area (Å²) in [5.41, 5.74) is 8.01. The van der Waals surface area contributed by atoms with Crippen LogP contribution in [0.5, 0.6) is 0 Å². The highest BCUT2D eigenvalue weighted by atomic mass is 16.3. The van der Waals surface area contributed by atoms with Crippen LogP contribution in [0.25, 0.3) is 10.4 Å². The van der Waals surface area contributed by atoms with E-state index < -0.39 is 37.2 Å². The number of azide groups is 1. The van der Waals surface area contributed by atoms with Gasteiger partial charge in [0.2, 0.25) is 0 Å². The lowest BCUT2D eigenvalue weighted by atomic mass is 10.0. The summed E-state index contributed by atoms with van der Waals surface area (Å²) in [6.45, 7) is -1.65. The topological polar surface area (TPSA) is 147 Å². The molecule has 0 heterocycles. The van der Waals surface area contributed by atoms with E-state index in [1.54, 1.807) is 0 Å². The molecular weight excluding hydrogens is 194 g/mol. The summed E-state index contributed by atoms with van der Waals surface area (Å²) >= 11 is 0. The van der Waals surface area contributed by atoms with Gasteiger partial charge in [0.15, 0.2) is 5.78 Å². The Morgan fingerprint density at radius 1 is 1.43 bits per heavy atom. The van der Waals surface area contributed by atoms with Crippen molar-refractivity contribution in [3.8, 4) is 0 Å². The molecule has 3 atom stereocenters. The van der Waals surface area contributed by atoms with Crippen molar-refractivity contribution in [3.63, 3.8) is 0 Å². The zero-order chi connectivity index (χ0) is 11.1. The van der Waals surface area contributed by atoms with E-state index in [1.807, 2.05) is 0 Å². The summed E-state index contributed by atoms with van der Waals surface area (Å²) in [4.78, 5) is 13.0.